The van der Waals surface area contributed by atoms with Crippen molar-refractivity contribution in [1.29, 1.82) is 0 Å². The van der Waals surface area contributed by atoms with Crippen LogP contribution >= 0.6 is 12.4 Å². The molecule has 0 heterocycles. The predicted octanol–water partition coefficient (Wildman–Crippen LogP) is 3.07. The van der Waals surface area contributed by atoms with Gasteiger partial charge in [0, 0.05) is 19.5 Å². The van der Waals surface area contributed by atoms with Gasteiger partial charge in [-0.25, -0.2) is 0 Å². The van der Waals surface area contributed by atoms with Crippen LogP contribution in [0.5, 0.6) is 0 Å². The van der Waals surface area contributed by atoms with E-state index in [4.69, 9.17) is 5.73 Å². The number of nitrogens with zero attached hydrogens (tertiary/aromatic N) is 1. The van der Waals surface area contributed by atoms with E-state index < -0.39 is 0 Å². The Morgan fingerprint density at radius 1 is 1.33 bits per heavy atom. The topological polar surface area (TPSA) is 46.3 Å². The maximum absolute atomic E-state index is 12.3. The maximum Gasteiger partial charge on any atom is 0.225 e. The number of hydrogen-bond acceptors (Lipinski definition) is 2. The molecule has 4 heteroatoms. The molecule has 0 spiro atoms. The van der Waals surface area contributed by atoms with E-state index in [1.54, 1.807) is 0 Å². The Bertz CT molecular complexity index is 232. The third kappa shape index (κ3) is 7.22. The van der Waals surface area contributed by atoms with Gasteiger partial charge >= 0.3 is 0 Å². The van der Waals surface area contributed by atoms with Crippen LogP contribution in [0.1, 0.15) is 53.4 Å². The minimum absolute atomic E-state index is 0. The molecule has 2 N–H and O–H groups in total. The van der Waals surface area contributed by atoms with Crippen LogP contribution in [0.2, 0.25) is 0 Å². The highest BCUT2D eigenvalue weighted by molar-refractivity contribution is 5.85. The highest BCUT2D eigenvalue weighted by Gasteiger charge is 2.25. The molecule has 1 amide bonds. The van der Waals surface area contributed by atoms with Crippen molar-refractivity contribution in [1.82, 2.24) is 4.90 Å². The second kappa shape index (κ2) is 9.62. The van der Waals surface area contributed by atoms with Crippen LogP contribution in [0.3, 0.4) is 0 Å². The molecule has 0 rings (SSSR count). The molecule has 0 radical (unpaired) electrons. The van der Waals surface area contributed by atoms with Crippen molar-refractivity contribution >= 4 is 18.3 Å². The molecule has 18 heavy (non-hydrogen) atoms. The smallest absolute Gasteiger partial charge is 0.225 e. The first-order valence-corrected chi connectivity index (χ1v) is 6.83. The van der Waals surface area contributed by atoms with Crippen LogP contribution in [0, 0.1) is 11.3 Å². The maximum atomic E-state index is 12.3. The quantitative estimate of drug-likeness (QED) is 0.742. The Labute approximate surface area is 119 Å². The lowest BCUT2D eigenvalue weighted by molar-refractivity contribution is -0.135. The van der Waals surface area contributed by atoms with E-state index >= 15 is 0 Å². The molecule has 1 atom stereocenters. The number of hydrogen-bond donors (Lipinski definition) is 1. The summed E-state index contributed by atoms with van der Waals surface area (Å²) >= 11 is 0. The fraction of sp³-hybridized carbons (Fsp3) is 0.929. The number of carbonyl (C=O) groups is 1. The van der Waals surface area contributed by atoms with E-state index in [2.05, 4.69) is 27.7 Å². The molecule has 0 aromatic heterocycles. The van der Waals surface area contributed by atoms with Crippen molar-refractivity contribution in [2.45, 2.75) is 53.4 Å². The summed E-state index contributed by atoms with van der Waals surface area (Å²) < 4.78 is 0. The molecule has 0 aliphatic carbocycles. The van der Waals surface area contributed by atoms with Crippen molar-refractivity contribution < 1.29 is 4.79 Å². The SMILES string of the molecule is CCCCC(CC)C(=O)N(C)CC(C)(C)CN.Cl. The molecule has 0 bridgehead atoms. The Hall–Kier alpha value is -0.280. The average molecular weight is 279 g/mol. The number of rotatable bonds is 8. The fourth-order valence-electron chi connectivity index (χ4n) is 2.05. The van der Waals surface area contributed by atoms with Gasteiger partial charge in [-0.05, 0) is 24.8 Å². The summed E-state index contributed by atoms with van der Waals surface area (Å²) in [5.41, 5.74) is 5.71. The van der Waals surface area contributed by atoms with Gasteiger partial charge in [0.25, 0.3) is 0 Å². The lowest BCUT2D eigenvalue weighted by Gasteiger charge is -2.31. The van der Waals surface area contributed by atoms with Gasteiger partial charge in [-0.2, -0.15) is 0 Å². The molecule has 0 saturated carbocycles. The standard InChI is InChI=1S/C14H30N2O.ClH/c1-6-8-9-12(7-2)13(17)16(5)11-14(3,4)10-15;/h12H,6-11,15H2,1-5H3;1H. The fourth-order valence-corrected chi connectivity index (χ4v) is 2.05. The monoisotopic (exact) mass is 278 g/mol. The highest BCUT2D eigenvalue weighted by Crippen LogP contribution is 2.19. The summed E-state index contributed by atoms with van der Waals surface area (Å²) in [6.07, 6.45) is 4.24. The van der Waals surface area contributed by atoms with E-state index in [0.29, 0.717) is 6.54 Å². The Kier molecular flexibility index (Phi) is 10.7. The largest absolute Gasteiger partial charge is 0.345 e. The summed E-state index contributed by atoms with van der Waals surface area (Å²) in [7, 11) is 1.90. The van der Waals surface area contributed by atoms with Crippen molar-refractivity contribution in [2.24, 2.45) is 17.1 Å². The predicted molar refractivity (Wildman–Crippen MR) is 81.0 cm³/mol. The summed E-state index contributed by atoms with van der Waals surface area (Å²) in [5.74, 6) is 0.469. The van der Waals surface area contributed by atoms with Crippen molar-refractivity contribution in [3.8, 4) is 0 Å². The van der Waals surface area contributed by atoms with Crippen LogP contribution in [-0.4, -0.2) is 30.9 Å². The Morgan fingerprint density at radius 2 is 1.89 bits per heavy atom. The Morgan fingerprint density at radius 3 is 2.28 bits per heavy atom. The van der Waals surface area contributed by atoms with E-state index in [9.17, 15) is 4.79 Å². The third-order valence-corrected chi connectivity index (χ3v) is 3.34. The molecule has 110 valence electrons. The molecule has 1 unspecified atom stereocenters. The number of amides is 1. The molecule has 0 saturated heterocycles. The van der Waals surface area contributed by atoms with Crippen LogP contribution in [0.4, 0.5) is 0 Å². The van der Waals surface area contributed by atoms with Crippen LogP contribution < -0.4 is 5.73 Å². The van der Waals surface area contributed by atoms with Crippen LogP contribution in [-0.2, 0) is 4.79 Å². The highest BCUT2D eigenvalue weighted by atomic mass is 35.5. The summed E-state index contributed by atoms with van der Waals surface area (Å²) in [6, 6.07) is 0. The van der Waals surface area contributed by atoms with E-state index in [-0.39, 0.29) is 29.6 Å². The van der Waals surface area contributed by atoms with Gasteiger partial charge in [-0.3, -0.25) is 4.79 Å². The zero-order chi connectivity index (χ0) is 13.5. The van der Waals surface area contributed by atoms with Crippen molar-refractivity contribution in [2.75, 3.05) is 20.1 Å². The van der Waals surface area contributed by atoms with E-state index in [1.807, 2.05) is 11.9 Å². The van der Waals surface area contributed by atoms with Gasteiger partial charge in [0.05, 0.1) is 0 Å². The second-order valence-electron chi connectivity index (χ2n) is 5.81. The zero-order valence-electron chi connectivity index (χ0n) is 12.7. The lowest BCUT2D eigenvalue weighted by atomic mass is 9.91. The van der Waals surface area contributed by atoms with Gasteiger partial charge in [-0.1, -0.05) is 40.5 Å². The average Bonchev–Trinajstić information content (AvgIpc) is 2.29. The van der Waals surface area contributed by atoms with Crippen molar-refractivity contribution in [3.05, 3.63) is 0 Å². The molecule has 0 aliphatic heterocycles. The number of nitrogens with two attached hydrogens (primary N) is 1. The number of unbranched alkanes of at least 4 members (excludes halogenated alkanes) is 1. The van der Waals surface area contributed by atoms with Crippen LogP contribution in [0.25, 0.3) is 0 Å². The molecule has 0 fully saturated rings. The molecule has 0 aliphatic rings. The summed E-state index contributed by atoms with van der Waals surface area (Å²) in [4.78, 5) is 14.1. The summed E-state index contributed by atoms with van der Waals surface area (Å²) in [5, 5.41) is 0. The molecular weight excluding hydrogens is 248 g/mol. The van der Waals surface area contributed by atoms with E-state index in [1.165, 1.54) is 0 Å². The minimum atomic E-state index is 0. The van der Waals surface area contributed by atoms with E-state index in [0.717, 1.165) is 32.2 Å². The van der Waals surface area contributed by atoms with Gasteiger partial charge in [0.1, 0.15) is 0 Å². The Balaban J connectivity index is 0. The van der Waals surface area contributed by atoms with Gasteiger partial charge in [0.2, 0.25) is 5.91 Å². The first-order valence-electron chi connectivity index (χ1n) is 6.83. The number of carbonyl (C=O) groups excluding carboxylic acids is 1. The normalized spacial score (nSPS) is 12.8. The van der Waals surface area contributed by atoms with Gasteiger partial charge in [-0.15, -0.1) is 12.4 Å². The minimum Gasteiger partial charge on any atom is -0.345 e. The molecule has 3 nitrogen and oxygen atoms in total. The van der Waals surface area contributed by atoms with Crippen molar-refractivity contribution in [3.63, 3.8) is 0 Å². The number of halogens is 1. The first-order chi connectivity index (χ1) is 7.87. The summed E-state index contributed by atoms with van der Waals surface area (Å²) in [6.45, 7) is 9.81. The van der Waals surface area contributed by atoms with Gasteiger partial charge in [0.15, 0.2) is 0 Å². The lowest BCUT2D eigenvalue weighted by Crippen LogP contribution is -2.42. The zero-order valence-corrected chi connectivity index (χ0v) is 13.5. The first kappa shape index (κ1) is 20.0. The molecule has 0 aromatic rings. The van der Waals surface area contributed by atoms with Gasteiger partial charge < -0.3 is 10.6 Å². The third-order valence-electron chi connectivity index (χ3n) is 3.34. The van der Waals surface area contributed by atoms with Crippen LogP contribution in [0.15, 0.2) is 0 Å². The second-order valence-corrected chi connectivity index (χ2v) is 5.81. The molecular formula is C14H31ClN2O. The molecule has 0 aromatic carbocycles.